The maximum absolute atomic E-state index is 14.3. The minimum Gasteiger partial charge on any atom is -0.382 e. The molecule has 0 bridgehead atoms. The van der Waals surface area contributed by atoms with E-state index in [4.69, 9.17) is 0 Å². The Bertz CT molecular complexity index is 999. The van der Waals surface area contributed by atoms with Crippen molar-refractivity contribution in [2.24, 2.45) is 0 Å². The Kier molecular flexibility index (Phi) is 7.67. The smallest absolute Gasteiger partial charge is 0.258 e. The number of hydrogen-bond acceptors (Lipinski definition) is 4. The van der Waals surface area contributed by atoms with Gasteiger partial charge in [-0.3, -0.25) is 4.79 Å². The summed E-state index contributed by atoms with van der Waals surface area (Å²) >= 11 is 0. The van der Waals surface area contributed by atoms with Gasteiger partial charge in [-0.15, -0.1) is 0 Å². The fraction of sp³-hybridized carbons (Fsp3) is 0.435. The van der Waals surface area contributed by atoms with Crippen molar-refractivity contribution in [1.82, 2.24) is 4.31 Å². The van der Waals surface area contributed by atoms with Crippen molar-refractivity contribution in [2.75, 3.05) is 23.7 Å². The first-order valence-electron chi connectivity index (χ1n) is 10.8. The second-order valence-electron chi connectivity index (χ2n) is 7.74. The molecule has 8 heteroatoms. The molecule has 1 aliphatic rings. The molecule has 0 aliphatic heterocycles. The summed E-state index contributed by atoms with van der Waals surface area (Å²) in [6, 6.07) is 11.0. The van der Waals surface area contributed by atoms with Crippen molar-refractivity contribution in [3.05, 3.63) is 53.8 Å². The van der Waals surface area contributed by atoms with E-state index in [2.05, 4.69) is 10.6 Å². The van der Waals surface area contributed by atoms with Crippen LogP contribution in [0.2, 0.25) is 0 Å². The van der Waals surface area contributed by atoms with Crippen LogP contribution in [0.4, 0.5) is 15.8 Å². The summed E-state index contributed by atoms with van der Waals surface area (Å²) in [6.45, 7) is 4.04. The number of benzene rings is 2. The van der Waals surface area contributed by atoms with E-state index < -0.39 is 21.7 Å². The van der Waals surface area contributed by atoms with Gasteiger partial charge in [-0.2, -0.15) is 4.31 Å². The van der Waals surface area contributed by atoms with Crippen LogP contribution in [0.5, 0.6) is 0 Å². The molecule has 0 aromatic heterocycles. The Morgan fingerprint density at radius 3 is 2.23 bits per heavy atom. The molecule has 0 radical (unpaired) electrons. The molecule has 2 N–H and O–H groups in total. The highest BCUT2D eigenvalue weighted by molar-refractivity contribution is 7.89. The maximum Gasteiger partial charge on any atom is 0.258 e. The molecule has 0 saturated heterocycles. The van der Waals surface area contributed by atoms with Crippen LogP contribution in [0.1, 0.15) is 56.3 Å². The van der Waals surface area contributed by atoms with Crippen molar-refractivity contribution in [1.29, 1.82) is 0 Å². The molecule has 6 nitrogen and oxygen atoms in total. The summed E-state index contributed by atoms with van der Waals surface area (Å²) in [5, 5.41) is 6.15. The predicted octanol–water partition coefficient (Wildman–Crippen LogP) is 4.85. The van der Waals surface area contributed by atoms with E-state index >= 15 is 0 Å². The van der Waals surface area contributed by atoms with Crippen LogP contribution >= 0.6 is 0 Å². The molecule has 31 heavy (non-hydrogen) atoms. The summed E-state index contributed by atoms with van der Waals surface area (Å²) < 4.78 is 41.0. The third kappa shape index (κ3) is 5.62. The van der Waals surface area contributed by atoms with E-state index in [9.17, 15) is 17.6 Å². The summed E-state index contributed by atoms with van der Waals surface area (Å²) in [4.78, 5) is 12.5. The van der Waals surface area contributed by atoms with Crippen LogP contribution in [0.25, 0.3) is 0 Å². The SMILES string of the molecule is CCN(CC)S(=O)(=O)c1ccc(F)c(C(=O)Nc2ccc(NC3CCCCC3)cc2)c1. The third-order valence-corrected chi connectivity index (χ3v) is 7.69. The molecular weight excluding hydrogens is 417 g/mol. The molecule has 1 aliphatic carbocycles. The molecule has 2 aromatic carbocycles. The fourth-order valence-electron chi connectivity index (χ4n) is 3.88. The van der Waals surface area contributed by atoms with Crippen molar-refractivity contribution < 1.29 is 17.6 Å². The molecule has 1 amide bonds. The summed E-state index contributed by atoms with van der Waals surface area (Å²) in [5.41, 5.74) is 1.18. The van der Waals surface area contributed by atoms with Gasteiger partial charge in [0.15, 0.2) is 0 Å². The van der Waals surface area contributed by atoms with Crippen molar-refractivity contribution in [2.45, 2.75) is 56.9 Å². The quantitative estimate of drug-likeness (QED) is 0.606. The molecule has 168 valence electrons. The second kappa shape index (κ2) is 10.2. The summed E-state index contributed by atoms with van der Waals surface area (Å²) in [7, 11) is -3.79. The highest BCUT2D eigenvalue weighted by Crippen LogP contribution is 2.24. The molecular formula is C23H30FN3O3S. The van der Waals surface area contributed by atoms with Gasteiger partial charge in [0.05, 0.1) is 10.5 Å². The Morgan fingerprint density at radius 1 is 1.00 bits per heavy atom. The van der Waals surface area contributed by atoms with E-state index in [-0.39, 0.29) is 10.5 Å². The number of nitrogens with zero attached hydrogens (tertiary/aromatic N) is 1. The number of carbonyl (C=O) groups is 1. The zero-order chi connectivity index (χ0) is 22.4. The predicted molar refractivity (Wildman–Crippen MR) is 121 cm³/mol. The lowest BCUT2D eigenvalue weighted by Gasteiger charge is -2.24. The van der Waals surface area contributed by atoms with Crippen LogP contribution in [0, 0.1) is 5.82 Å². The largest absolute Gasteiger partial charge is 0.382 e. The van der Waals surface area contributed by atoms with Crippen LogP contribution in [0.15, 0.2) is 47.4 Å². The van der Waals surface area contributed by atoms with E-state index in [0.717, 1.165) is 30.7 Å². The summed E-state index contributed by atoms with van der Waals surface area (Å²) in [6.07, 6.45) is 6.08. The molecule has 2 aromatic rings. The normalized spacial score (nSPS) is 15.1. The van der Waals surface area contributed by atoms with E-state index in [1.54, 1.807) is 26.0 Å². The lowest BCUT2D eigenvalue weighted by Crippen LogP contribution is -2.31. The van der Waals surface area contributed by atoms with Crippen molar-refractivity contribution in [3.63, 3.8) is 0 Å². The molecule has 1 fully saturated rings. The van der Waals surface area contributed by atoms with Crippen molar-refractivity contribution in [3.8, 4) is 0 Å². The van der Waals surface area contributed by atoms with Gasteiger partial charge in [-0.25, -0.2) is 12.8 Å². The Balaban J connectivity index is 1.72. The maximum atomic E-state index is 14.3. The minimum atomic E-state index is -3.79. The van der Waals surface area contributed by atoms with Gasteiger partial charge >= 0.3 is 0 Å². The monoisotopic (exact) mass is 447 g/mol. The van der Waals surface area contributed by atoms with Gasteiger partial charge < -0.3 is 10.6 Å². The number of rotatable bonds is 8. The molecule has 0 atom stereocenters. The van der Waals surface area contributed by atoms with E-state index in [1.807, 2.05) is 12.1 Å². The second-order valence-corrected chi connectivity index (χ2v) is 9.68. The van der Waals surface area contributed by atoms with E-state index in [1.165, 1.54) is 29.6 Å². The molecule has 0 heterocycles. The Hall–Kier alpha value is -2.45. The topological polar surface area (TPSA) is 78.5 Å². The van der Waals surface area contributed by atoms with Gasteiger partial charge in [-0.1, -0.05) is 33.1 Å². The average molecular weight is 448 g/mol. The van der Waals surface area contributed by atoms with Crippen LogP contribution in [0.3, 0.4) is 0 Å². The van der Waals surface area contributed by atoms with Crippen LogP contribution in [-0.4, -0.2) is 37.8 Å². The van der Waals surface area contributed by atoms with Gasteiger partial charge in [0.25, 0.3) is 5.91 Å². The van der Waals surface area contributed by atoms with Gasteiger partial charge in [-0.05, 0) is 55.3 Å². The lowest BCUT2D eigenvalue weighted by molar-refractivity contribution is 0.102. The highest BCUT2D eigenvalue weighted by atomic mass is 32.2. The number of hydrogen-bond donors (Lipinski definition) is 2. The Morgan fingerprint density at radius 2 is 1.61 bits per heavy atom. The highest BCUT2D eigenvalue weighted by Gasteiger charge is 2.24. The average Bonchev–Trinajstić information content (AvgIpc) is 2.76. The van der Waals surface area contributed by atoms with Gasteiger partial charge in [0.1, 0.15) is 5.82 Å². The first-order chi connectivity index (χ1) is 14.8. The number of halogens is 1. The number of amides is 1. The molecule has 1 saturated carbocycles. The number of nitrogens with one attached hydrogen (secondary N) is 2. The van der Waals surface area contributed by atoms with Crippen molar-refractivity contribution >= 4 is 27.3 Å². The molecule has 0 unspecified atom stereocenters. The number of carbonyl (C=O) groups excluding carboxylic acids is 1. The minimum absolute atomic E-state index is 0.102. The summed E-state index contributed by atoms with van der Waals surface area (Å²) in [5.74, 6) is -1.46. The first kappa shape index (κ1) is 23.2. The number of sulfonamides is 1. The Labute approximate surface area is 183 Å². The first-order valence-corrected chi connectivity index (χ1v) is 12.3. The standard InChI is InChI=1S/C23H30FN3O3S/c1-3-27(4-2)31(29,30)20-14-15-22(24)21(16-20)23(28)26-19-12-10-18(11-13-19)25-17-8-6-5-7-9-17/h10-17,25H,3-9H2,1-2H3,(H,26,28). The zero-order valence-corrected chi connectivity index (χ0v) is 18.8. The third-order valence-electron chi connectivity index (χ3n) is 5.64. The van der Waals surface area contributed by atoms with Gasteiger partial charge in [0, 0.05) is 30.5 Å². The van der Waals surface area contributed by atoms with E-state index in [0.29, 0.717) is 24.8 Å². The van der Waals surface area contributed by atoms with Crippen LogP contribution < -0.4 is 10.6 Å². The molecule has 0 spiro atoms. The fourth-order valence-corrected chi connectivity index (χ4v) is 5.37. The lowest BCUT2D eigenvalue weighted by atomic mass is 9.95. The molecule has 3 rings (SSSR count). The van der Waals surface area contributed by atoms with Gasteiger partial charge in [0.2, 0.25) is 10.0 Å². The van der Waals surface area contributed by atoms with Crippen LogP contribution in [-0.2, 0) is 10.0 Å². The zero-order valence-electron chi connectivity index (χ0n) is 18.0. The number of anilines is 2.